The molecule has 8 rings (SSSR count). The number of aromatic nitrogens is 4. The Hall–Kier alpha value is -6.51. The number of hydrogen-bond acceptors (Lipinski definition) is 9. The molecule has 2 fully saturated rings. The molecule has 5 N–H and O–H groups in total. The van der Waals surface area contributed by atoms with Crippen molar-refractivity contribution in [3.8, 4) is 22.4 Å². The zero-order chi connectivity index (χ0) is 45.2. The topological polar surface area (TPSA) is 178 Å². The number of amides is 3. The number of alkyl carbamates (subject to hydrolysis) is 2. The van der Waals surface area contributed by atoms with Gasteiger partial charge in [0.2, 0.25) is 0 Å². The molecule has 14 heteroatoms. The van der Waals surface area contributed by atoms with E-state index in [9.17, 15) is 19.5 Å². The SMILES string of the molecule is CC(C)(C)OC(=O)NC(C(=O)N1CCCC1c1ncc(-c2ccc(-c3ccc4nc(C5CCCN5C(O)C(NC(=O)OC(C)(C)C)c5ccccc5)[nH]c4c3)cc2)[nH]1)c1ccccc1. The van der Waals surface area contributed by atoms with Crippen molar-refractivity contribution < 1.29 is 29.0 Å². The number of aliphatic hydroxyl groups is 1. The second kappa shape index (κ2) is 18.3. The molecule has 2 aliphatic rings. The van der Waals surface area contributed by atoms with E-state index in [0.29, 0.717) is 24.5 Å². The predicted molar refractivity (Wildman–Crippen MR) is 245 cm³/mol. The molecule has 5 unspecified atom stereocenters. The van der Waals surface area contributed by atoms with E-state index in [4.69, 9.17) is 19.4 Å². The minimum Gasteiger partial charge on any atom is -0.444 e. The molecule has 334 valence electrons. The maximum Gasteiger partial charge on any atom is 0.408 e. The van der Waals surface area contributed by atoms with Crippen LogP contribution in [0.4, 0.5) is 9.59 Å². The van der Waals surface area contributed by atoms with E-state index in [-0.39, 0.29) is 18.0 Å². The minimum atomic E-state index is -1.03. The van der Waals surface area contributed by atoms with Crippen LogP contribution in [0.5, 0.6) is 0 Å². The maximum atomic E-state index is 14.2. The van der Waals surface area contributed by atoms with Crippen LogP contribution in [0.15, 0.2) is 109 Å². The van der Waals surface area contributed by atoms with Crippen LogP contribution in [-0.2, 0) is 14.3 Å². The van der Waals surface area contributed by atoms with E-state index in [1.54, 1.807) is 31.9 Å². The largest absolute Gasteiger partial charge is 0.444 e. The maximum absolute atomic E-state index is 14.2. The number of aliphatic hydroxyl groups excluding tert-OH is 1. The zero-order valence-electron chi connectivity index (χ0n) is 37.3. The van der Waals surface area contributed by atoms with Crippen molar-refractivity contribution in [3.63, 3.8) is 0 Å². The highest BCUT2D eigenvalue weighted by Gasteiger charge is 2.39. The van der Waals surface area contributed by atoms with Crippen molar-refractivity contribution in [1.82, 2.24) is 40.4 Å². The normalized spacial score (nSPS) is 18.4. The van der Waals surface area contributed by atoms with Crippen LogP contribution in [0.1, 0.15) is 114 Å². The Bertz CT molecular complexity index is 2560. The molecule has 5 atom stereocenters. The van der Waals surface area contributed by atoms with Crippen LogP contribution in [-0.4, -0.2) is 83.5 Å². The average molecular weight is 867 g/mol. The van der Waals surface area contributed by atoms with Crippen molar-refractivity contribution in [2.45, 2.75) is 109 Å². The third-order valence-electron chi connectivity index (χ3n) is 11.6. The number of rotatable bonds is 11. The number of H-pyrrole nitrogens is 2. The number of likely N-dealkylation sites (tertiary alicyclic amines) is 2. The average Bonchev–Trinajstić information content (AvgIpc) is 4.10. The Morgan fingerprint density at radius 1 is 0.703 bits per heavy atom. The van der Waals surface area contributed by atoms with Crippen LogP contribution >= 0.6 is 0 Å². The Morgan fingerprint density at radius 2 is 1.30 bits per heavy atom. The summed E-state index contributed by atoms with van der Waals surface area (Å²) in [7, 11) is 0. The molecule has 4 heterocycles. The van der Waals surface area contributed by atoms with E-state index in [1.807, 2.05) is 92.4 Å². The van der Waals surface area contributed by atoms with Crippen LogP contribution in [0.3, 0.4) is 0 Å². The molecular weight excluding hydrogens is 809 g/mol. The number of nitrogens with zero attached hydrogens (tertiary/aromatic N) is 4. The first-order valence-electron chi connectivity index (χ1n) is 22.1. The van der Waals surface area contributed by atoms with Gasteiger partial charge in [-0.1, -0.05) is 91.0 Å². The first kappa shape index (κ1) is 44.1. The lowest BCUT2D eigenvalue weighted by molar-refractivity contribution is -0.134. The fraction of sp³-hybridized carbons (Fsp3) is 0.380. The zero-order valence-corrected chi connectivity index (χ0v) is 37.3. The summed E-state index contributed by atoms with van der Waals surface area (Å²) in [6, 6.07) is 31.0. The van der Waals surface area contributed by atoms with Gasteiger partial charge in [0.25, 0.3) is 5.91 Å². The Balaban J connectivity index is 0.962. The van der Waals surface area contributed by atoms with Gasteiger partial charge in [-0.15, -0.1) is 0 Å². The summed E-state index contributed by atoms with van der Waals surface area (Å²) >= 11 is 0. The molecule has 4 aromatic carbocycles. The summed E-state index contributed by atoms with van der Waals surface area (Å²) in [5, 5.41) is 17.6. The molecule has 3 amide bonds. The number of carbonyl (C=O) groups is 3. The Labute approximate surface area is 373 Å². The number of hydrogen-bond donors (Lipinski definition) is 5. The molecule has 0 bridgehead atoms. The number of ether oxygens (including phenoxy) is 2. The highest BCUT2D eigenvalue weighted by atomic mass is 16.6. The van der Waals surface area contributed by atoms with Gasteiger partial charge in [0, 0.05) is 13.1 Å². The van der Waals surface area contributed by atoms with Crippen molar-refractivity contribution in [3.05, 3.63) is 132 Å². The molecule has 2 aliphatic heterocycles. The van der Waals surface area contributed by atoms with Crippen molar-refractivity contribution in [1.29, 1.82) is 0 Å². The van der Waals surface area contributed by atoms with Gasteiger partial charge in [-0.05, 0) is 107 Å². The van der Waals surface area contributed by atoms with Gasteiger partial charge in [-0.25, -0.2) is 19.6 Å². The highest BCUT2D eigenvalue weighted by Crippen LogP contribution is 2.38. The fourth-order valence-electron chi connectivity index (χ4n) is 8.72. The number of aromatic amines is 2. The van der Waals surface area contributed by atoms with Gasteiger partial charge in [-0.2, -0.15) is 0 Å². The quantitative estimate of drug-likeness (QED) is 0.0849. The first-order valence-corrected chi connectivity index (χ1v) is 22.1. The van der Waals surface area contributed by atoms with E-state index >= 15 is 0 Å². The third kappa shape index (κ3) is 10.1. The van der Waals surface area contributed by atoms with E-state index in [2.05, 4.69) is 57.0 Å². The van der Waals surface area contributed by atoms with Crippen molar-refractivity contribution >= 4 is 29.1 Å². The summed E-state index contributed by atoms with van der Waals surface area (Å²) in [4.78, 5) is 60.6. The summed E-state index contributed by atoms with van der Waals surface area (Å²) in [6.45, 7) is 12.0. The van der Waals surface area contributed by atoms with Gasteiger partial charge in [-0.3, -0.25) is 9.69 Å². The molecule has 14 nitrogen and oxygen atoms in total. The summed E-state index contributed by atoms with van der Waals surface area (Å²) in [5.41, 5.74) is 5.58. The molecule has 0 spiro atoms. The number of nitrogens with one attached hydrogen (secondary N) is 4. The number of carbonyl (C=O) groups excluding carboxylic acids is 3. The monoisotopic (exact) mass is 866 g/mol. The first-order chi connectivity index (χ1) is 30.6. The molecule has 2 aromatic heterocycles. The lowest BCUT2D eigenvalue weighted by atomic mass is 10.0. The lowest BCUT2D eigenvalue weighted by Crippen LogP contribution is -2.47. The fourth-order valence-corrected chi connectivity index (χ4v) is 8.72. The van der Waals surface area contributed by atoms with Crippen LogP contribution in [0.2, 0.25) is 0 Å². The third-order valence-corrected chi connectivity index (χ3v) is 11.6. The van der Waals surface area contributed by atoms with Crippen LogP contribution in [0.25, 0.3) is 33.4 Å². The van der Waals surface area contributed by atoms with E-state index in [1.165, 1.54) is 0 Å². The van der Waals surface area contributed by atoms with E-state index < -0.39 is 41.7 Å². The molecule has 0 saturated carbocycles. The second-order valence-electron chi connectivity index (χ2n) is 18.6. The molecule has 0 aliphatic carbocycles. The number of fused-ring (bicyclic) bond motifs is 1. The molecule has 0 radical (unpaired) electrons. The second-order valence-corrected chi connectivity index (χ2v) is 18.6. The van der Waals surface area contributed by atoms with Gasteiger partial charge in [0.15, 0.2) is 0 Å². The molecule has 6 aromatic rings. The van der Waals surface area contributed by atoms with Gasteiger partial charge >= 0.3 is 12.2 Å². The smallest absolute Gasteiger partial charge is 0.408 e. The standard InChI is InChI=1S/C50H58N8O6/c1-49(2,3)63-47(61)55-41(33-15-9-7-10-16-33)45(59)57-27-13-19-39(57)43-51-30-38(54-43)32-23-21-31(22-24-32)35-25-26-36-37(29-35)53-44(52-36)40-20-14-28-58(40)46(60)42(34-17-11-8-12-18-34)56-48(62)64-50(4,5)6/h7-12,15-18,21-26,29-30,39-42,46,60H,13-14,19-20,27-28H2,1-6H3,(H,51,54)(H,52,53)(H,55,61)(H,56,62). The Kier molecular flexibility index (Phi) is 12.6. The van der Waals surface area contributed by atoms with E-state index in [0.717, 1.165) is 70.5 Å². The van der Waals surface area contributed by atoms with Gasteiger partial charge in [0.1, 0.15) is 35.1 Å². The van der Waals surface area contributed by atoms with Crippen molar-refractivity contribution in [2.75, 3.05) is 13.1 Å². The molecule has 2 saturated heterocycles. The summed E-state index contributed by atoms with van der Waals surface area (Å²) in [6.07, 6.45) is 2.72. The van der Waals surface area contributed by atoms with Crippen LogP contribution < -0.4 is 10.6 Å². The Morgan fingerprint density at radius 3 is 1.97 bits per heavy atom. The van der Waals surface area contributed by atoms with Gasteiger partial charge < -0.3 is 40.1 Å². The highest BCUT2D eigenvalue weighted by molar-refractivity contribution is 5.87. The summed E-state index contributed by atoms with van der Waals surface area (Å²) < 4.78 is 11.1. The number of benzene rings is 4. The molecular formula is C50H58N8O6. The minimum absolute atomic E-state index is 0.190. The van der Waals surface area contributed by atoms with Gasteiger partial charge in [0.05, 0.1) is 41.0 Å². The molecule has 64 heavy (non-hydrogen) atoms. The number of imidazole rings is 2. The lowest BCUT2D eigenvalue weighted by Gasteiger charge is -2.35. The van der Waals surface area contributed by atoms with Crippen molar-refractivity contribution in [2.24, 2.45) is 0 Å². The van der Waals surface area contributed by atoms with Crippen LogP contribution in [0, 0.1) is 0 Å². The predicted octanol–water partition coefficient (Wildman–Crippen LogP) is 9.27. The summed E-state index contributed by atoms with van der Waals surface area (Å²) in [5.74, 6) is 1.24.